The third-order valence-electron chi connectivity index (χ3n) is 5.48. The van der Waals surface area contributed by atoms with Crippen LogP contribution in [0.25, 0.3) is 16.3 Å². The number of nitrogens with one attached hydrogen (secondary N) is 2. The smallest absolute Gasteiger partial charge is 0.271 e. The lowest BCUT2D eigenvalue weighted by molar-refractivity contribution is 0.0903. The SMILES string of the molecule is Cc1cnc(NC2CCOCC2)nc1-n1cnc(C(=O)NC(CN=[N+]=[N-])c2cc(F)cc(Cl)c2)c1. The van der Waals surface area contributed by atoms with Gasteiger partial charge in [-0.3, -0.25) is 9.36 Å². The van der Waals surface area contributed by atoms with Crippen molar-refractivity contribution in [2.75, 3.05) is 25.1 Å². The van der Waals surface area contributed by atoms with Gasteiger partial charge in [0.2, 0.25) is 5.95 Å². The molecule has 2 aromatic heterocycles. The molecule has 4 rings (SSSR count). The number of imidazole rings is 1. The zero-order chi connectivity index (χ0) is 24.8. The minimum atomic E-state index is -0.798. The third-order valence-corrected chi connectivity index (χ3v) is 5.70. The fourth-order valence-corrected chi connectivity index (χ4v) is 3.94. The summed E-state index contributed by atoms with van der Waals surface area (Å²) < 4.78 is 20.9. The van der Waals surface area contributed by atoms with E-state index < -0.39 is 17.8 Å². The van der Waals surface area contributed by atoms with E-state index in [0.717, 1.165) is 24.5 Å². The second kappa shape index (κ2) is 11.1. The highest BCUT2D eigenvalue weighted by Gasteiger charge is 2.20. The molecule has 35 heavy (non-hydrogen) atoms. The molecule has 3 heterocycles. The Kier molecular flexibility index (Phi) is 7.76. The Hall–Kier alpha value is -3.73. The predicted octanol–water partition coefficient (Wildman–Crippen LogP) is 4.14. The standard InChI is InChI=1S/C22H23ClFN9O2/c1-13-9-26-22(29-17-2-4-35-5-3-17)31-20(13)33-11-19(27-12-33)21(34)30-18(10-28-32-25)14-6-15(23)8-16(24)7-14/h6-9,11-12,17-18H,2-5,10H2,1H3,(H,30,34)(H,26,29,31). The first-order valence-corrected chi connectivity index (χ1v) is 11.3. The molecule has 1 fully saturated rings. The van der Waals surface area contributed by atoms with Crippen molar-refractivity contribution in [3.63, 3.8) is 0 Å². The minimum absolute atomic E-state index is 0.107. The number of ether oxygens (including phenoxy) is 1. The molecule has 3 aromatic rings. The Balaban J connectivity index is 1.52. The van der Waals surface area contributed by atoms with Gasteiger partial charge in [-0.1, -0.05) is 16.7 Å². The van der Waals surface area contributed by atoms with E-state index in [-0.39, 0.29) is 23.3 Å². The van der Waals surface area contributed by atoms with Crippen molar-refractivity contribution in [2.24, 2.45) is 5.11 Å². The van der Waals surface area contributed by atoms with Gasteiger partial charge in [-0.15, -0.1) is 0 Å². The molecule has 0 saturated carbocycles. The molecule has 0 bridgehead atoms. The quantitative estimate of drug-likeness (QED) is 0.271. The summed E-state index contributed by atoms with van der Waals surface area (Å²) in [6.45, 7) is 3.11. The summed E-state index contributed by atoms with van der Waals surface area (Å²) in [6.07, 6.45) is 6.45. The molecule has 182 valence electrons. The Morgan fingerprint density at radius 3 is 2.91 bits per heavy atom. The van der Waals surface area contributed by atoms with Gasteiger partial charge in [-0.2, -0.15) is 4.98 Å². The van der Waals surface area contributed by atoms with Crippen LogP contribution in [-0.4, -0.2) is 51.2 Å². The molecule has 1 aliphatic rings. The third kappa shape index (κ3) is 6.24. The van der Waals surface area contributed by atoms with Gasteiger partial charge in [-0.25, -0.2) is 14.4 Å². The average Bonchev–Trinajstić information content (AvgIpc) is 3.33. The largest absolute Gasteiger partial charge is 0.381 e. The lowest BCUT2D eigenvalue weighted by Gasteiger charge is -2.23. The molecular formula is C22H23ClFN9O2. The fourth-order valence-electron chi connectivity index (χ4n) is 3.71. The van der Waals surface area contributed by atoms with Gasteiger partial charge in [0.1, 0.15) is 23.7 Å². The highest BCUT2D eigenvalue weighted by atomic mass is 35.5. The van der Waals surface area contributed by atoms with Gasteiger partial charge in [0, 0.05) is 47.1 Å². The zero-order valence-corrected chi connectivity index (χ0v) is 19.6. The van der Waals surface area contributed by atoms with Crippen LogP contribution in [0.2, 0.25) is 5.02 Å². The van der Waals surface area contributed by atoms with Gasteiger partial charge in [0.05, 0.1) is 12.6 Å². The number of halogens is 2. The Labute approximate surface area is 205 Å². The van der Waals surface area contributed by atoms with Crippen LogP contribution in [-0.2, 0) is 4.74 Å². The molecule has 1 aliphatic heterocycles. The van der Waals surface area contributed by atoms with Gasteiger partial charge in [0.25, 0.3) is 5.91 Å². The Bertz CT molecular complexity index is 1240. The Morgan fingerprint density at radius 2 is 2.17 bits per heavy atom. The maximum Gasteiger partial charge on any atom is 0.271 e. The number of aryl methyl sites for hydroxylation is 1. The van der Waals surface area contributed by atoms with E-state index >= 15 is 0 Å². The molecule has 1 unspecified atom stereocenters. The summed E-state index contributed by atoms with van der Waals surface area (Å²) in [7, 11) is 0. The van der Waals surface area contributed by atoms with E-state index in [1.54, 1.807) is 10.8 Å². The summed E-state index contributed by atoms with van der Waals surface area (Å²) >= 11 is 5.95. The number of nitrogens with zero attached hydrogens (tertiary/aromatic N) is 7. The van der Waals surface area contributed by atoms with Crippen molar-refractivity contribution >= 4 is 23.5 Å². The summed E-state index contributed by atoms with van der Waals surface area (Å²) in [4.78, 5) is 28.8. The Morgan fingerprint density at radius 1 is 1.37 bits per heavy atom. The molecule has 11 nitrogen and oxygen atoms in total. The first-order chi connectivity index (χ1) is 16.9. The lowest BCUT2D eigenvalue weighted by atomic mass is 10.1. The van der Waals surface area contributed by atoms with Crippen molar-refractivity contribution in [2.45, 2.75) is 31.8 Å². The first kappa shape index (κ1) is 24.4. The van der Waals surface area contributed by atoms with Crippen LogP contribution >= 0.6 is 11.6 Å². The summed E-state index contributed by atoms with van der Waals surface area (Å²) in [6, 6.07) is 3.30. The van der Waals surface area contributed by atoms with Crippen LogP contribution < -0.4 is 10.6 Å². The zero-order valence-electron chi connectivity index (χ0n) is 18.9. The molecule has 0 aliphatic carbocycles. The molecular weight excluding hydrogens is 477 g/mol. The minimum Gasteiger partial charge on any atom is -0.381 e. The molecule has 1 aromatic carbocycles. The van der Waals surface area contributed by atoms with Crippen molar-refractivity contribution in [1.29, 1.82) is 0 Å². The van der Waals surface area contributed by atoms with Crippen LogP contribution in [0.3, 0.4) is 0 Å². The number of azide groups is 1. The maximum atomic E-state index is 13.8. The molecule has 0 spiro atoms. The molecule has 1 saturated heterocycles. The predicted molar refractivity (Wildman–Crippen MR) is 127 cm³/mol. The summed E-state index contributed by atoms with van der Waals surface area (Å²) in [5, 5.41) is 9.73. The number of anilines is 1. The number of benzene rings is 1. The molecule has 1 atom stereocenters. The van der Waals surface area contributed by atoms with Crippen LogP contribution in [0.15, 0.2) is 42.0 Å². The number of hydrogen-bond donors (Lipinski definition) is 2. The van der Waals surface area contributed by atoms with Crippen molar-refractivity contribution in [3.05, 3.63) is 75.0 Å². The summed E-state index contributed by atoms with van der Waals surface area (Å²) in [5.74, 6) is -0.0471. The highest BCUT2D eigenvalue weighted by molar-refractivity contribution is 6.30. The monoisotopic (exact) mass is 499 g/mol. The highest BCUT2D eigenvalue weighted by Crippen LogP contribution is 2.22. The van der Waals surface area contributed by atoms with Crippen LogP contribution in [0.1, 0.15) is 40.5 Å². The topological polar surface area (TPSA) is 143 Å². The van der Waals surface area contributed by atoms with Crippen molar-refractivity contribution < 1.29 is 13.9 Å². The maximum absolute atomic E-state index is 13.8. The van der Waals surface area contributed by atoms with Gasteiger partial charge in [0.15, 0.2) is 0 Å². The summed E-state index contributed by atoms with van der Waals surface area (Å²) in [5.41, 5.74) is 9.98. The number of carbonyl (C=O) groups is 1. The number of carbonyl (C=O) groups excluding carboxylic acids is 1. The van der Waals surface area contributed by atoms with E-state index in [9.17, 15) is 9.18 Å². The normalized spacial score (nSPS) is 14.7. The molecule has 0 radical (unpaired) electrons. The van der Waals surface area contributed by atoms with Crippen molar-refractivity contribution in [3.8, 4) is 5.82 Å². The molecule has 13 heteroatoms. The van der Waals surface area contributed by atoms with Crippen LogP contribution in [0.4, 0.5) is 10.3 Å². The fraction of sp³-hybridized carbons (Fsp3) is 0.364. The second-order valence-electron chi connectivity index (χ2n) is 8.04. The van der Waals surface area contributed by atoms with Crippen molar-refractivity contribution in [1.82, 2.24) is 24.8 Å². The second-order valence-corrected chi connectivity index (χ2v) is 8.48. The van der Waals surface area contributed by atoms with E-state index in [2.05, 4.69) is 35.6 Å². The molecule has 2 N–H and O–H groups in total. The van der Waals surface area contributed by atoms with Crippen LogP contribution in [0, 0.1) is 12.7 Å². The average molecular weight is 500 g/mol. The van der Waals surface area contributed by atoms with E-state index in [1.807, 2.05) is 6.92 Å². The number of amides is 1. The molecule has 1 amide bonds. The number of rotatable bonds is 8. The van der Waals surface area contributed by atoms with Gasteiger partial charge < -0.3 is 15.4 Å². The first-order valence-electron chi connectivity index (χ1n) is 10.9. The van der Waals surface area contributed by atoms with E-state index in [0.29, 0.717) is 30.5 Å². The van der Waals surface area contributed by atoms with E-state index in [4.69, 9.17) is 21.9 Å². The van der Waals surface area contributed by atoms with E-state index in [1.165, 1.54) is 24.7 Å². The van der Waals surface area contributed by atoms with Gasteiger partial charge >= 0.3 is 0 Å². The number of hydrogen-bond acceptors (Lipinski definition) is 7. The lowest BCUT2D eigenvalue weighted by Crippen LogP contribution is -2.30. The number of aromatic nitrogens is 4. The van der Waals surface area contributed by atoms with Gasteiger partial charge in [-0.05, 0) is 49.1 Å². The van der Waals surface area contributed by atoms with Crippen LogP contribution in [0.5, 0.6) is 0 Å².